The number of carbonyl (C=O) groups is 2. The number of amides is 2. The number of nitrogens with one attached hydrogen (secondary N) is 1. The van der Waals surface area contributed by atoms with Crippen LogP contribution in [-0.4, -0.2) is 48.4 Å². The van der Waals surface area contributed by atoms with Crippen LogP contribution >= 0.6 is 12.4 Å². The Bertz CT molecular complexity index is 694. The topological polar surface area (TPSA) is 78.7 Å². The molecule has 2 aliphatic heterocycles. The minimum atomic E-state index is -0.223. The van der Waals surface area contributed by atoms with Crippen molar-refractivity contribution in [3.8, 4) is 0 Å². The Labute approximate surface area is 167 Å². The molecular weight excluding hydrogens is 364 g/mol. The number of anilines is 2. The Balaban J connectivity index is 0.00000261. The molecule has 0 bridgehead atoms. The van der Waals surface area contributed by atoms with Crippen molar-refractivity contribution in [2.75, 3.05) is 29.9 Å². The lowest BCUT2D eigenvalue weighted by atomic mass is 9.79. The number of hydrogen-bond acceptors (Lipinski definition) is 4. The third-order valence-corrected chi connectivity index (χ3v) is 5.77. The standard InChI is InChI=1S/C20H30N4O2.ClH/c1-14(23-11-9-17(21)20(2,3)13-23)19(26)22-15-6-4-7-16(12-15)24-10-5-8-18(24)25;/h4,6-7,12,14,17H,5,8-11,13,21H2,1-3H3,(H,22,26);1H. The number of carbonyl (C=O) groups excluding carboxylic acids is 2. The van der Waals surface area contributed by atoms with E-state index in [0.717, 1.165) is 43.9 Å². The molecule has 0 radical (unpaired) electrons. The molecule has 1 aromatic rings. The van der Waals surface area contributed by atoms with Crippen LogP contribution in [0.5, 0.6) is 0 Å². The molecule has 0 spiro atoms. The molecule has 7 heteroatoms. The molecule has 2 fully saturated rings. The van der Waals surface area contributed by atoms with E-state index in [1.165, 1.54) is 0 Å². The maximum absolute atomic E-state index is 12.7. The Morgan fingerprint density at radius 3 is 2.70 bits per heavy atom. The Kier molecular flexibility index (Phi) is 6.89. The fourth-order valence-electron chi connectivity index (χ4n) is 3.83. The van der Waals surface area contributed by atoms with Gasteiger partial charge in [-0.25, -0.2) is 0 Å². The lowest BCUT2D eigenvalue weighted by molar-refractivity contribution is -0.122. The van der Waals surface area contributed by atoms with Crippen molar-refractivity contribution >= 4 is 35.6 Å². The van der Waals surface area contributed by atoms with Gasteiger partial charge in [-0.15, -0.1) is 12.4 Å². The molecular formula is C20H31ClN4O2. The van der Waals surface area contributed by atoms with Crippen molar-refractivity contribution in [3.05, 3.63) is 24.3 Å². The monoisotopic (exact) mass is 394 g/mol. The molecule has 27 heavy (non-hydrogen) atoms. The van der Waals surface area contributed by atoms with E-state index < -0.39 is 0 Å². The van der Waals surface area contributed by atoms with Gasteiger partial charge in [0.1, 0.15) is 0 Å². The van der Waals surface area contributed by atoms with E-state index in [4.69, 9.17) is 5.73 Å². The zero-order chi connectivity index (χ0) is 18.9. The van der Waals surface area contributed by atoms with Crippen molar-refractivity contribution in [2.45, 2.75) is 52.1 Å². The molecule has 2 amide bonds. The van der Waals surface area contributed by atoms with Crippen molar-refractivity contribution in [3.63, 3.8) is 0 Å². The number of piperidine rings is 1. The smallest absolute Gasteiger partial charge is 0.241 e. The quantitative estimate of drug-likeness (QED) is 0.822. The molecule has 2 unspecified atom stereocenters. The first kappa shape index (κ1) is 21.7. The van der Waals surface area contributed by atoms with E-state index in [-0.39, 0.29) is 41.7 Å². The molecule has 0 saturated carbocycles. The average molecular weight is 395 g/mol. The molecule has 1 aromatic carbocycles. The van der Waals surface area contributed by atoms with Gasteiger partial charge in [-0.3, -0.25) is 14.5 Å². The predicted octanol–water partition coefficient (Wildman–Crippen LogP) is 2.62. The summed E-state index contributed by atoms with van der Waals surface area (Å²) in [5.74, 6) is 0.120. The number of hydrogen-bond donors (Lipinski definition) is 2. The summed E-state index contributed by atoms with van der Waals surface area (Å²) < 4.78 is 0. The highest BCUT2D eigenvalue weighted by molar-refractivity contribution is 5.98. The maximum atomic E-state index is 12.7. The first-order valence-electron chi connectivity index (χ1n) is 9.49. The Hall–Kier alpha value is -1.63. The molecule has 0 aromatic heterocycles. The van der Waals surface area contributed by atoms with E-state index >= 15 is 0 Å². The second-order valence-corrected chi connectivity index (χ2v) is 8.22. The largest absolute Gasteiger partial charge is 0.327 e. The number of likely N-dealkylation sites (tertiary alicyclic amines) is 1. The van der Waals surface area contributed by atoms with Crippen LogP contribution in [0.2, 0.25) is 0 Å². The first-order chi connectivity index (χ1) is 12.3. The van der Waals surface area contributed by atoms with Crippen LogP contribution in [0.15, 0.2) is 24.3 Å². The number of halogens is 1. The first-order valence-corrected chi connectivity index (χ1v) is 9.49. The summed E-state index contributed by atoms with van der Waals surface area (Å²) in [6, 6.07) is 7.48. The molecule has 150 valence electrons. The zero-order valence-corrected chi connectivity index (χ0v) is 17.2. The van der Waals surface area contributed by atoms with Gasteiger partial charge in [0.15, 0.2) is 0 Å². The van der Waals surface area contributed by atoms with Gasteiger partial charge < -0.3 is 16.0 Å². The van der Waals surface area contributed by atoms with Crippen LogP contribution in [-0.2, 0) is 9.59 Å². The molecule has 3 N–H and O–H groups in total. The minimum absolute atomic E-state index is 0. The molecule has 2 aliphatic rings. The van der Waals surface area contributed by atoms with E-state index in [9.17, 15) is 9.59 Å². The highest BCUT2D eigenvalue weighted by Gasteiger charge is 2.36. The molecule has 2 saturated heterocycles. The predicted molar refractivity (Wildman–Crippen MR) is 111 cm³/mol. The van der Waals surface area contributed by atoms with Gasteiger partial charge in [-0.05, 0) is 43.4 Å². The average Bonchev–Trinajstić information content (AvgIpc) is 3.03. The fourth-order valence-corrected chi connectivity index (χ4v) is 3.83. The van der Waals surface area contributed by atoms with E-state index in [1.807, 2.05) is 31.2 Å². The Morgan fingerprint density at radius 2 is 2.07 bits per heavy atom. The van der Waals surface area contributed by atoms with Gasteiger partial charge in [0.2, 0.25) is 11.8 Å². The van der Waals surface area contributed by atoms with E-state index in [1.54, 1.807) is 4.90 Å². The van der Waals surface area contributed by atoms with E-state index in [2.05, 4.69) is 24.1 Å². The number of rotatable bonds is 4. The Morgan fingerprint density at radius 1 is 1.33 bits per heavy atom. The summed E-state index contributed by atoms with van der Waals surface area (Å²) in [5.41, 5.74) is 7.78. The number of nitrogens with zero attached hydrogens (tertiary/aromatic N) is 2. The highest BCUT2D eigenvalue weighted by atomic mass is 35.5. The fraction of sp³-hybridized carbons (Fsp3) is 0.600. The number of benzene rings is 1. The third kappa shape index (κ3) is 4.81. The molecule has 2 atom stereocenters. The van der Waals surface area contributed by atoms with Gasteiger partial charge in [-0.2, -0.15) is 0 Å². The van der Waals surface area contributed by atoms with Crippen LogP contribution in [0, 0.1) is 5.41 Å². The summed E-state index contributed by atoms with van der Waals surface area (Å²) in [6.07, 6.45) is 2.39. The van der Waals surface area contributed by atoms with Crippen molar-refractivity contribution in [2.24, 2.45) is 11.1 Å². The van der Waals surface area contributed by atoms with Crippen molar-refractivity contribution < 1.29 is 9.59 Å². The van der Waals surface area contributed by atoms with Crippen molar-refractivity contribution in [1.82, 2.24) is 4.90 Å². The van der Waals surface area contributed by atoms with Crippen molar-refractivity contribution in [1.29, 1.82) is 0 Å². The second-order valence-electron chi connectivity index (χ2n) is 8.22. The highest BCUT2D eigenvalue weighted by Crippen LogP contribution is 2.29. The van der Waals surface area contributed by atoms with Crippen LogP contribution in [0.3, 0.4) is 0 Å². The third-order valence-electron chi connectivity index (χ3n) is 5.77. The van der Waals surface area contributed by atoms with Crippen LogP contribution in [0.1, 0.15) is 40.0 Å². The van der Waals surface area contributed by atoms with Crippen LogP contribution < -0.4 is 16.0 Å². The normalized spacial score (nSPS) is 23.6. The lowest BCUT2D eigenvalue weighted by Crippen LogP contribution is -2.56. The SMILES string of the molecule is CC(C(=O)Nc1cccc(N2CCCC2=O)c1)N1CCC(N)C(C)(C)C1.Cl. The second kappa shape index (κ2) is 8.59. The lowest BCUT2D eigenvalue weighted by Gasteiger charge is -2.44. The van der Waals surface area contributed by atoms with E-state index in [0.29, 0.717) is 6.42 Å². The molecule has 0 aliphatic carbocycles. The maximum Gasteiger partial charge on any atom is 0.241 e. The van der Waals surface area contributed by atoms with Gasteiger partial charge >= 0.3 is 0 Å². The minimum Gasteiger partial charge on any atom is -0.327 e. The van der Waals surface area contributed by atoms with Crippen LogP contribution in [0.25, 0.3) is 0 Å². The summed E-state index contributed by atoms with van der Waals surface area (Å²) in [6.45, 7) is 8.65. The van der Waals surface area contributed by atoms with Gasteiger partial charge in [0.05, 0.1) is 6.04 Å². The summed E-state index contributed by atoms with van der Waals surface area (Å²) in [7, 11) is 0. The summed E-state index contributed by atoms with van der Waals surface area (Å²) in [4.78, 5) is 28.7. The summed E-state index contributed by atoms with van der Waals surface area (Å²) in [5, 5.41) is 3.01. The van der Waals surface area contributed by atoms with Gasteiger partial charge in [0.25, 0.3) is 0 Å². The van der Waals surface area contributed by atoms with Crippen LogP contribution in [0.4, 0.5) is 11.4 Å². The summed E-state index contributed by atoms with van der Waals surface area (Å²) >= 11 is 0. The molecule has 3 rings (SSSR count). The molecule has 6 nitrogen and oxygen atoms in total. The van der Waals surface area contributed by atoms with Gasteiger partial charge in [-0.1, -0.05) is 19.9 Å². The number of nitrogens with two attached hydrogens (primary N) is 1. The van der Waals surface area contributed by atoms with Gasteiger partial charge in [0, 0.05) is 43.5 Å². The molecule has 2 heterocycles. The zero-order valence-electron chi connectivity index (χ0n) is 16.4.